The number of hydrogen-bond donors (Lipinski definition) is 1. The van der Waals surface area contributed by atoms with Gasteiger partial charge in [0.1, 0.15) is 16.8 Å². The molecule has 2 aromatic heterocycles. The molecule has 9 aromatic rings. The van der Waals surface area contributed by atoms with Gasteiger partial charge in [-0.1, -0.05) is 137 Å². The number of halogens is 1. The van der Waals surface area contributed by atoms with Gasteiger partial charge in [0.05, 0.1) is 6.04 Å². The van der Waals surface area contributed by atoms with Crippen LogP contribution in [-0.2, 0) is 0 Å². The average Bonchev–Trinajstić information content (AvgIpc) is 3.74. The highest BCUT2D eigenvalue weighted by Crippen LogP contribution is 2.45. The first-order chi connectivity index (χ1) is 25.2. The van der Waals surface area contributed by atoms with Gasteiger partial charge in [0.15, 0.2) is 11.4 Å². The van der Waals surface area contributed by atoms with E-state index in [2.05, 4.69) is 143 Å². The molecule has 4 nitrogen and oxygen atoms in total. The molecule has 51 heavy (non-hydrogen) atoms. The second-order valence-electron chi connectivity index (χ2n) is 13.5. The Balaban J connectivity index is 1.02. The largest absolute Gasteiger partial charge is 0.452 e. The van der Waals surface area contributed by atoms with Crippen molar-refractivity contribution in [3.8, 4) is 22.6 Å². The third-order valence-corrected chi connectivity index (χ3v) is 11.1. The fraction of sp³-hybridized carbons (Fsp3) is 0.0435. The van der Waals surface area contributed by atoms with Gasteiger partial charge in [-0.25, -0.2) is 9.97 Å². The Bertz CT molecular complexity index is 2940. The van der Waals surface area contributed by atoms with E-state index in [1.807, 2.05) is 30.3 Å². The number of benzene rings is 7. The van der Waals surface area contributed by atoms with Crippen molar-refractivity contribution in [2.75, 3.05) is 5.32 Å². The van der Waals surface area contributed by atoms with Crippen LogP contribution in [0.15, 0.2) is 161 Å². The molecule has 0 bridgehead atoms. The van der Waals surface area contributed by atoms with E-state index in [-0.39, 0.29) is 12.0 Å². The average molecular weight is 719 g/mol. The number of nitrogens with one attached hydrogen (secondary N) is 1. The molecule has 1 N–H and O–H groups in total. The van der Waals surface area contributed by atoms with E-state index in [0.717, 1.165) is 43.5 Å². The molecule has 0 fully saturated rings. The van der Waals surface area contributed by atoms with Crippen LogP contribution in [0, 0.1) is 0 Å². The second kappa shape index (κ2) is 11.0. The molecule has 0 amide bonds. The molecule has 1 aliphatic heterocycles. The van der Waals surface area contributed by atoms with Crippen LogP contribution in [0.4, 0.5) is 5.69 Å². The fourth-order valence-electron chi connectivity index (χ4n) is 8.21. The van der Waals surface area contributed by atoms with Crippen molar-refractivity contribution in [2.45, 2.75) is 12.0 Å². The highest BCUT2D eigenvalue weighted by Gasteiger charge is 2.32. The van der Waals surface area contributed by atoms with Crippen molar-refractivity contribution in [3.05, 3.63) is 167 Å². The maximum Gasteiger partial charge on any atom is 0.180 e. The van der Waals surface area contributed by atoms with E-state index >= 15 is 0 Å². The maximum absolute atomic E-state index is 6.47. The van der Waals surface area contributed by atoms with Gasteiger partial charge in [-0.2, -0.15) is 0 Å². The molecule has 5 heteroatoms. The number of furan rings is 1. The first-order valence-corrected chi connectivity index (χ1v) is 18.1. The summed E-state index contributed by atoms with van der Waals surface area (Å²) in [7, 11) is 0. The first kappa shape index (κ1) is 28.8. The minimum absolute atomic E-state index is 0.179. The molecular formula is C46H28BrN3O. The molecule has 240 valence electrons. The molecule has 0 radical (unpaired) electrons. The standard InChI is InChI=1S/C46H28BrN3O/c47-30-17-20-37-42(25-30)51-45-43(49-46(50-44(37)45)26-8-2-1-3-9-26)29-15-19-36-39-23-28(16-21-40(39)48-41(36)24-29)27-14-18-35-33-12-5-4-10-31(33)32-11-6-7-13-34(32)38(35)22-27/h1-25,39-40,48H. The minimum Gasteiger partial charge on any atom is -0.452 e. The number of fused-ring (bicyclic) bond motifs is 12. The van der Waals surface area contributed by atoms with Gasteiger partial charge >= 0.3 is 0 Å². The van der Waals surface area contributed by atoms with E-state index in [1.165, 1.54) is 49.0 Å². The number of anilines is 1. The molecule has 0 saturated heterocycles. The van der Waals surface area contributed by atoms with E-state index in [0.29, 0.717) is 11.4 Å². The lowest BCUT2D eigenvalue weighted by molar-refractivity contribution is 0.667. The molecule has 2 atom stereocenters. The fourth-order valence-corrected chi connectivity index (χ4v) is 8.55. The maximum atomic E-state index is 6.47. The van der Waals surface area contributed by atoms with E-state index in [9.17, 15) is 0 Å². The van der Waals surface area contributed by atoms with Crippen molar-refractivity contribution in [3.63, 3.8) is 0 Å². The summed E-state index contributed by atoms with van der Waals surface area (Å²) in [6.07, 6.45) is 7.02. The van der Waals surface area contributed by atoms with Crippen molar-refractivity contribution < 1.29 is 4.42 Å². The molecule has 0 spiro atoms. The van der Waals surface area contributed by atoms with Crippen molar-refractivity contribution in [1.29, 1.82) is 0 Å². The van der Waals surface area contributed by atoms with Gasteiger partial charge in [-0.05, 0) is 79.3 Å². The van der Waals surface area contributed by atoms with Gasteiger partial charge in [0, 0.05) is 32.6 Å². The Labute approximate surface area is 301 Å². The highest BCUT2D eigenvalue weighted by molar-refractivity contribution is 9.10. The SMILES string of the molecule is Brc1ccc2c(c1)oc1c(-c3ccc4c(c3)NC3C=CC(c5ccc6c7ccccc7c7ccccc7c6c5)=CC43)nc(-c3ccccc3)nc12. The van der Waals surface area contributed by atoms with Gasteiger partial charge in [0.25, 0.3) is 0 Å². The Morgan fingerprint density at radius 3 is 2.06 bits per heavy atom. The van der Waals surface area contributed by atoms with Crippen LogP contribution in [0.5, 0.6) is 0 Å². The number of nitrogens with zero attached hydrogens (tertiary/aromatic N) is 2. The number of rotatable bonds is 3. The summed E-state index contributed by atoms with van der Waals surface area (Å²) in [5.41, 5.74) is 9.91. The normalized spacial score (nSPS) is 16.5. The smallest absolute Gasteiger partial charge is 0.180 e. The number of aromatic nitrogens is 2. The predicted molar refractivity (Wildman–Crippen MR) is 214 cm³/mol. The van der Waals surface area contributed by atoms with Gasteiger partial charge in [-0.3, -0.25) is 0 Å². The zero-order valence-corrected chi connectivity index (χ0v) is 28.9. The van der Waals surface area contributed by atoms with Crippen molar-refractivity contribution in [2.24, 2.45) is 0 Å². The lowest BCUT2D eigenvalue weighted by Crippen LogP contribution is -2.18. The minimum atomic E-state index is 0.179. The van der Waals surface area contributed by atoms with Crippen LogP contribution >= 0.6 is 15.9 Å². The van der Waals surface area contributed by atoms with Gasteiger partial charge in [0.2, 0.25) is 0 Å². The zero-order valence-electron chi connectivity index (χ0n) is 27.3. The molecular weight excluding hydrogens is 690 g/mol. The quantitative estimate of drug-likeness (QED) is 0.185. The molecule has 2 unspecified atom stereocenters. The summed E-state index contributed by atoms with van der Waals surface area (Å²) in [6.45, 7) is 0. The monoisotopic (exact) mass is 717 g/mol. The summed E-state index contributed by atoms with van der Waals surface area (Å²) in [4.78, 5) is 10.1. The Morgan fingerprint density at radius 1 is 0.588 bits per heavy atom. The topological polar surface area (TPSA) is 51.0 Å². The molecule has 11 rings (SSSR count). The predicted octanol–water partition coefficient (Wildman–Crippen LogP) is 12.5. The van der Waals surface area contributed by atoms with Crippen molar-refractivity contribution in [1.82, 2.24) is 9.97 Å². The Kier molecular flexibility index (Phi) is 6.19. The van der Waals surface area contributed by atoms with Crippen LogP contribution < -0.4 is 5.32 Å². The van der Waals surface area contributed by atoms with Crippen LogP contribution in [-0.4, -0.2) is 16.0 Å². The summed E-state index contributed by atoms with van der Waals surface area (Å²) < 4.78 is 7.43. The third-order valence-electron chi connectivity index (χ3n) is 10.6. The molecule has 7 aromatic carbocycles. The van der Waals surface area contributed by atoms with E-state index < -0.39 is 0 Å². The highest BCUT2D eigenvalue weighted by atomic mass is 79.9. The molecule has 3 heterocycles. The lowest BCUT2D eigenvalue weighted by Gasteiger charge is -2.20. The van der Waals surface area contributed by atoms with Crippen molar-refractivity contribution >= 4 is 81.6 Å². The van der Waals surface area contributed by atoms with Gasteiger partial charge < -0.3 is 9.73 Å². The lowest BCUT2D eigenvalue weighted by atomic mass is 9.85. The Hall–Kier alpha value is -6.04. The van der Waals surface area contributed by atoms with Crippen LogP contribution in [0.2, 0.25) is 0 Å². The third kappa shape index (κ3) is 4.44. The number of hydrogen-bond acceptors (Lipinski definition) is 4. The first-order valence-electron chi connectivity index (χ1n) is 17.3. The zero-order chi connectivity index (χ0) is 33.6. The van der Waals surface area contributed by atoms with E-state index in [4.69, 9.17) is 14.4 Å². The van der Waals surface area contributed by atoms with Gasteiger partial charge in [-0.15, -0.1) is 0 Å². The summed E-state index contributed by atoms with van der Waals surface area (Å²) in [6, 6.07) is 47.6. The Morgan fingerprint density at radius 2 is 1.27 bits per heavy atom. The second-order valence-corrected chi connectivity index (χ2v) is 14.4. The van der Waals surface area contributed by atoms with Crippen LogP contribution in [0.1, 0.15) is 17.0 Å². The number of allylic oxidation sites excluding steroid dienone is 2. The van der Waals surface area contributed by atoms with Crippen LogP contribution in [0.25, 0.3) is 82.6 Å². The summed E-state index contributed by atoms with van der Waals surface area (Å²) in [5, 5.41) is 12.5. The van der Waals surface area contributed by atoms with E-state index in [1.54, 1.807) is 0 Å². The van der Waals surface area contributed by atoms with Crippen LogP contribution in [0.3, 0.4) is 0 Å². The summed E-state index contributed by atoms with van der Waals surface area (Å²) >= 11 is 3.60. The molecule has 2 aliphatic rings. The molecule has 0 saturated carbocycles. The molecule has 1 aliphatic carbocycles. The summed E-state index contributed by atoms with van der Waals surface area (Å²) in [5.74, 6) is 0.893.